The maximum absolute atomic E-state index is 13.8. The molecule has 1 heterocycles. The number of nitrogens with one attached hydrogen (secondary N) is 2. The lowest BCUT2D eigenvalue weighted by Gasteiger charge is -2.40. The van der Waals surface area contributed by atoms with Crippen LogP contribution in [0, 0.1) is 0 Å². The Morgan fingerprint density at radius 2 is 2.38 bits per heavy atom. The highest BCUT2D eigenvalue weighted by Crippen LogP contribution is 2.29. The number of hydrogen-bond acceptors (Lipinski definition) is 2. The molecule has 0 aromatic rings. The number of halogens is 1. The molecule has 2 atom stereocenters. The van der Waals surface area contributed by atoms with Crippen LogP contribution < -0.4 is 10.6 Å². The van der Waals surface area contributed by atoms with Gasteiger partial charge < -0.3 is 0 Å². The quantitative estimate of drug-likeness (QED) is 0.770. The summed E-state index contributed by atoms with van der Waals surface area (Å²) in [5.74, 6) is -0.276. The second-order valence-corrected chi connectivity index (χ2v) is 4.28. The van der Waals surface area contributed by atoms with Crippen molar-refractivity contribution in [3.05, 3.63) is 35.7 Å². The van der Waals surface area contributed by atoms with Crippen LogP contribution in [0.3, 0.4) is 0 Å². The first-order valence-corrected chi connectivity index (χ1v) is 5.68. The fourth-order valence-electron chi connectivity index (χ4n) is 2.09. The van der Waals surface area contributed by atoms with Crippen molar-refractivity contribution in [1.29, 1.82) is 0 Å². The fourth-order valence-corrected chi connectivity index (χ4v) is 2.09. The van der Waals surface area contributed by atoms with Gasteiger partial charge in [0.15, 0.2) is 0 Å². The van der Waals surface area contributed by atoms with Gasteiger partial charge in [-0.2, -0.15) is 0 Å². The zero-order valence-corrected chi connectivity index (χ0v) is 10.5. The lowest BCUT2D eigenvalue weighted by atomic mass is 9.88. The van der Waals surface area contributed by atoms with E-state index in [1.165, 1.54) is 11.6 Å². The van der Waals surface area contributed by atoms with E-state index in [4.69, 9.17) is 0 Å². The average molecular weight is 224 g/mol. The molecule has 0 spiro atoms. The standard InChI is InChI=1S/C13H21FN2/c1-6-10-8-11(12(14)7-2)13(4,15-5)16-9(10)3/h7-9,15-16H,2,6H2,1,3-5H3/b12-11+. The predicted molar refractivity (Wildman–Crippen MR) is 66.8 cm³/mol. The van der Waals surface area contributed by atoms with E-state index in [1.54, 1.807) is 0 Å². The van der Waals surface area contributed by atoms with Crippen LogP contribution in [0.4, 0.5) is 4.39 Å². The fraction of sp³-hybridized carbons (Fsp3) is 0.538. The van der Waals surface area contributed by atoms with Crippen LogP contribution in [-0.2, 0) is 0 Å². The highest BCUT2D eigenvalue weighted by atomic mass is 19.1. The molecule has 2 N–H and O–H groups in total. The Morgan fingerprint density at radius 1 is 1.75 bits per heavy atom. The third-order valence-corrected chi connectivity index (χ3v) is 3.27. The number of hydrogen-bond donors (Lipinski definition) is 2. The number of allylic oxidation sites excluding steroid dienone is 2. The largest absolute Gasteiger partial charge is 0.299 e. The molecular weight excluding hydrogens is 203 g/mol. The van der Waals surface area contributed by atoms with Gasteiger partial charge >= 0.3 is 0 Å². The zero-order chi connectivity index (χ0) is 12.3. The van der Waals surface area contributed by atoms with Crippen LogP contribution in [-0.4, -0.2) is 18.8 Å². The summed E-state index contributed by atoms with van der Waals surface area (Å²) < 4.78 is 13.8. The molecule has 0 saturated heterocycles. The molecule has 0 aromatic heterocycles. The minimum absolute atomic E-state index is 0.254. The van der Waals surface area contributed by atoms with Crippen LogP contribution in [0.2, 0.25) is 0 Å². The van der Waals surface area contributed by atoms with Crippen molar-refractivity contribution in [3.8, 4) is 0 Å². The Bertz CT molecular complexity index is 344. The van der Waals surface area contributed by atoms with Gasteiger partial charge in [-0.15, -0.1) is 0 Å². The third kappa shape index (κ3) is 2.25. The van der Waals surface area contributed by atoms with Crippen molar-refractivity contribution in [2.24, 2.45) is 0 Å². The van der Waals surface area contributed by atoms with Crippen LogP contribution in [0.15, 0.2) is 35.7 Å². The van der Waals surface area contributed by atoms with Crippen LogP contribution >= 0.6 is 0 Å². The summed E-state index contributed by atoms with van der Waals surface area (Å²) in [7, 11) is 1.82. The van der Waals surface area contributed by atoms with E-state index in [2.05, 4.69) is 31.1 Å². The van der Waals surface area contributed by atoms with Gasteiger partial charge in [-0.1, -0.05) is 25.2 Å². The van der Waals surface area contributed by atoms with E-state index in [-0.39, 0.29) is 11.9 Å². The van der Waals surface area contributed by atoms with E-state index in [1.807, 2.05) is 20.0 Å². The normalized spacial score (nSPS) is 33.3. The summed E-state index contributed by atoms with van der Waals surface area (Å²) in [5, 5.41) is 6.50. The van der Waals surface area contributed by atoms with Gasteiger partial charge in [-0.25, -0.2) is 4.39 Å². The zero-order valence-electron chi connectivity index (χ0n) is 10.5. The van der Waals surface area contributed by atoms with Gasteiger partial charge in [0, 0.05) is 11.6 Å². The highest BCUT2D eigenvalue weighted by molar-refractivity contribution is 5.42. The van der Waals surface area contributed by atoms with Crippen molar-refractivity contribution in [3.63, 3.8) is 0 Å². The lowest BCUT2D eigenvalue weighted by Crippen LogP contribution is -2.59. The predicted octanol–water partition coefficient (Wildman–Crippen LogP) is 2.66. The van der Waals surface area contributed by atoms with Crippen molar-refractivity contribution >= 4 is 0 Å². The minimum atomic E-state index is -0.531. The second-order valence-electron chi connectivity index (χ2n) is 4.28. The van der Waals surface area contributed by atoms with Crippen molar-refractivity contribution < 1.29 is 4.39 Å². The molecule has 1 aliphatic rings. The monoisotopic (exact) mass is 224 g/mol. The summed E-state index contributed by atoms with van der Waals surface area (Å²) in [6, 6.07) is 0.254. The van der Waals surface area contributed by atoms with Gasteiger partial charge in [0.2, 0.25) is 0 Å². The van der Waals surface area contributed by atoms with E-state index in [0.717, 1.165) is 6.42 Å². The van der Waals surface area contributed by atoms with Gasteiger partial charge in [0.25, 0.3) is 0 Å². The Kier molecular flexibility index (Phi) is 4.05. The lowest BCUT2D eigenvalue weighted by molar-refractivity contribution is 0.321. The van der Waals surface area contributed by atoms with Gasteiger partial charge in [-0.3, -0.25) is 10.6 Å². The first kappa shape index (κ1) is 13.1. The molecule has 0 amide bonds. The molecule has 0 bridgehead atoms. The van der Waals surface area contributed by atoms with E-state index < -0.39 is 5.66 Å². The molecule has 0 fully saturated rings. The highest BCUT2D eigenvalue weighted by Gasteiger charge is 2.34. The van der Waals surface area contributed by atoms with Gasteiger partial charge in [0.1, 0.15) is 5.83 Å². The van der Waals surface area contributed by atoms with E-state index >= 15 is 0 Å². The molecule has 0 aliphatic carbocycles. The second kappa shape index (κ2) is 4.93. The van der Waals surface area contributed by atoms with E-state index in [0.29, 0.717) is 5.57 Å². The molecule has 2 nitrogen and oxygen atoms in total. The van der Waals surface area contributed by atoms with Crippen molar-refractivity contribution in [2.75, 3.05) is 7.05 Å². The van der Waals surface area contributed by atoms with Crippen LogP contribution in [0.25, 0.3) is 0 Å². The molecule has 0 aromatic carbocycles. The number of likely N-dealkylation sites (N-methyl/N-ethyl adjacent to an activating group) is 1. The maximum Gasteiger partial charge on any atom is 0.129 e. The van der Waals surface area contributed by atoms with E-state index in [9.17, 15) is 4.39 Å². The summed E-state index contributed by atoms with van der Waals surface area (Å²) in [6.45, 7) is 9.59. The summed E-state index contributed by atoms with van der Waals surface area (Å²) >= 11 is 0. The Hall–Kier alpha value is -0.930. The molecular formula is C13H21FN2. The van der Waals surface area contributed by atoms with Crippen LogP contribution in [0.1, 0.15) is 27.2 Å². The Morgan fingerprint density at radius 3 is 2.81 bits per heavy atom. The average Bonchev–Trinajstić information content (AvgIpc) is 2.28. The topological polar surface area (TPSA) is 24.1 Å². The third-order valence-electron chi connectivity index (χ3n) is 3.27. The molecule has 0 radical (unpaired) electrons. The SMILES string of the molecule is C=C/C(F)=C1/C=C(CC)C(C)NC1(C)NC. The van der Waals surface area contributed by atoms with Gasteiger partial charge in [0.05, 0.1) is 5.66 Å². The number of rotatable bonds is 3. The Labute approximate surface area is 97.3 Å². The Balaban J connectivity index is 3.28. The van der Waals surface area contributed by atoms with Crippen LogP contribution in [0.5, 0.6) is 0 Å². The van der Waals surface area contributed by atoms with Crippen molar-refractivity contribution in [1.82, 2.24) is 10.6 Å². The summed E-state index contributed by atoms with van der Waals surface area (Å²) in [4.78, 5) is 0. The molecule has 1 aliphatic heterocycles. The molecule has 3 heteroatoms. The molecule has 16 heavy (non-hydrogen) atoms. The smallest absolute Gasteiger partial charge is 0.129 e. The first-order valence-electron chi connectivity index (χ1n) is 5.68. The molecule has 0 saturated carbocycles. The molecule has 90 valence electrons. The van der Waals surface area contributed by atoms with Crippen molar-refractivity contribution in [2.45, 2.75) is 38.9 Å². The molecule has 1 rings (SSSR count). The minimum Gasteiger partial charge on any atom is -0.299 e. The maximum atomic E-state index is 13.8. The molecule has 2 unspecified atom stereocenters. The first-order chi connectivity index (χ1) is 7.48. The summed E-state index contributed by atoms with van der Waals surface area (Å²) in [5.41, 5.74) is 1.30. The summed E-state index contributed by atoms with van der Waals surface area (Å²) in [6.07, 6.45) is 4.11. The van der Waals surface area contributed by atoms with Gasteiger partial charge in [-0.05, 0) is 33.4 Å².